The van der Waals surface area contributed by atoms with E-state index in [-0.39, 0.29) is 0 Å². The zero-order valence-corrected chi connectivity index (χ0v) is 10.9. The molecule has 0 amide bonds. The zero-order valence-electron chi connectivity index (χ0n) is 7.71. The lowest BCUT2D eigenvalue weighted by Crippen LogP contribution is -1.98. The van der Waals surface area contributed by atoms with Crippen LogP contribution in [0.25, 0.3) is 0 Å². The van der Waals surface area contributed by atoms with Crippen molar-refractivity contribution in [2.24, 2.45) is 0 Å². The molecule has 1 N–H and O–H groups in total. The lowest BCUT2D eigenvalue weighted by molar-refractivity contribution is 1.15. The molecule has 0 saturated heterocycles. The van der Waals surface area contributed by atoms with E-state index in [4.69, 9.17) is 11.6 Å². The normalized spacial score (nSPS) is 10.3. The minimum absolute atomic E-state index is 0.482. The third-order valence-electron chi connectivity index (χ3n) is 1.87. The van der Waals surface area contributed by atoms with Gasteiger partial charge in [-0.1, -0.05) is 11.6 Å². The minimum Gasteiger partial charge on any atom is -0.380 e. The molecule has 0 unspecified atom stereocenters. The van der Waals surface area contributed by atoms with Gasteiger partial charge in [0.25, 0.3) is 0 Å². The maximum atomic E-state index is 5.80. The highest BCUT2D eigenvalue weighted by Crippen LogP contribution is 2.23. The molecular formula is C10H8BrClN2S. The molecule has 5 heteroatoms. The molecule has 2 nitrogen and oxygen atoms in total. The summed E-state index contributed by atoms with van der Waals surface area (Å²) in [4.78, 5) is 4.04. The molecule has 2 heterocycles. The Morgan fingerprint density at radius 1 is 1.53 bits per heavy atom. The van der Waals surface area contributed by atoms with Crippen molar-refractivity contribution in [1.29, 1.82) is 0 Å². The molecule has 0 atom stereocenters. The number of hydrogen-bond donors (Lipinski definition) is 1. The smallest absolute Gasteiger partial charge is 0.143 e. The van der Waals surface area contributed by atoms with Crippen LogP contribution in [0.3, 0.4) is 0 Å². The molecule has 0 aromatic carbocycles. The molecule has 0 spiro atoms. The maximum Gasteiger partial charge on any atom is 0.143 e. The molecule has 0 fully saturated rings. The largest absolute Gasteiger partial charge is 0.380 e. The number of thiophene rings is 1. The highest BCUT2D eigenvalue weighted by molar-refractivity contribution is 9.10. The Bertz CT molecular complexity index is 445. The molecule has 0 radical (unpaired) electrons. The third kappa shape index (κ3) is 2.93. The second-order valence-corrected chi connectivity index (χ2v) is 4.97. The summed E-state index contributed by atoms with van der Waals surface area (Å²) in [6.07, 6.45) is 1.72. The number of rotatable bonds is 3. The second kappa shape index (κ2) is 4.96. The Morgan fingerprint density at radius 2 is 2.40 bits per heavy atom. The second-order valence-electron chi connectivity index (χ2n) is 2.98. The summed E-state index contributed by atoms with van der Waals surface area (Å²) < 4.78 is 0.805. The van der Waals surface area contributed by atoms with Crippen molar-refractivity contribution in [2.75, 3.05) is 5.32 Å². The van der Waals surface area contributed by atoms with Crippen LogP contribution in [0.4, 0.5) is 5.69 Å². The van der Waals surface area contributed by atoms with Crippen molar-refractivity contribution >= 4 is 44.6 Å². The van der Waals surface area contributed by atoms with E-state index >= 15 is 0 Å². The first-order valence-corrected chi connectivity index (χ1v) is 6.43. The maximum absolute atomic E-state index is 5.80. The summed E-state index contributed by atoms with van der Waals surface area (Å²) in [5.41, 5.74) is 2.23. The van der Waals surface area contributed by atoms with Crippen molar-refractivity contribution < 1.29 is 0 Å². The number of nitrogens with one attached hydrogen (secondary N) is 1. The Balaban J connectivity index is 2.02. The van der Waals surface area contributed by atoms with Gasteiger partial charge in [0.2, 0.25) is 0 Å². The monoisotopic (exact) mass is 302 g/mol. The van der Waals surface area contributed by atoms with Gasteiger partial charge in [-0.05, 0) is 44.4 Å². The van der Waals surface area contributed by atoms with E-state index in [9.17, 15) is 0 Å². The highest BCUT2D eigenvalue weighted by atomic mass is 79.9. The highest BCUT2D eigenvalue weighted by Gasteiger charge is 2.00. The SMILES string of the molecule is Clc1ncc(NCc2ccsc2)cc1Br. The van der Waals surface area contributed by atoms with Gasteiger partial charge in [-0.3, -0.25) is 0 Å². The fourth-order valence-corrected chi connectivity index (χ4v) is 2.24. The van der Waals surface area contributed by atoms with E-state index in [0.717, 1.165) is 16.7 Å². The average molecular weight is 304 g/mol. The molecule has 15 heavy (non-hydrogen) atoms. The third-order valence-corrected chi connectivity index (χ3v) is 3.74. The molecular weight excluding hydrogens is 296 g/mol. The quantitative estimate of drug-likeness (QED) is 0.861. The number of halogens is 2. The van der Waals surface area contributed by atoms with Crippen LogP contribution < -0.4 is 5.32 Å². The molecule has 0 aliphatic carbocycles. The summed E-state index contributed by atoms with van der Waals surface area (Å²) in [5.74, 6) is 0. The van der Waals surface area contributed by atoms with Crippen LogP contribution in [0.1, 0.15) is 5.56 Å². The minimum atomic E-state index is 0.482. The molecule has 2 aromatic heterocycles. The Morgan fingerprint density at radius 3 is 3.07 bits per heavy atom. The van der Waals surface area contributed by atoms with Crippen LogP contribution in [-0.4, -0.2) is 4.98 Å². The van der Waals surface area contributed by atoms with Crippen LogP contribution in [0.5, 0.6) is 0 Å². The van der Waals surface area contributed by atoms with Gasteiger partial charge < -0.3 is 5.32 Å². The summed E-state index contributed by atoms with van der Waals surface area (Å²) in [7, 11) is 0. The van der Waals surface area contributed by atoms with Gasteiger partial charge in [-0.25, -0.2) is 4.98 Å². The number of anilines is 1. The van der Waals surface area contributed by atoms with Gasteiger partial charge >= 0.3 is 0 Å². The molecule has 2 rings (SSSR count). The lowest BCUT2D eigenvalue weighted by Gasteiger charge is -2.05. The van der Waals surface area contributed by atoms with E-state index in [1.165, 1.54) is 5.56 Å². The topological polar surface area (TPSA) is 24.9 Å². The van der Waals surface area contributed by atoms with Crippen LogP contribution in [-0.2, 0) is 6.54 Å². The Hall–Kier alpha value is -0.580. The van der Waals surface area contributed by atoms with E-state index in [1.54, 1.807) is 17.5 Å². The standard InChI is InChI=1S/C10H8BrClN2S/c11-9-3-8(5-14-10(9)12)13-4-7-1-2-15-6-7/h1-3,5-6,13H,4H2. The first kappa shape index (κ1) is 10.9. The van der Waals surface area contributed by atoms with Crippen molar-refractivity contribution in [1.82, 2.24) is 4.98 Å². The van der Waals surface area contributed by atoms with Crippen LogP contribution >= 0.6 is 38.9 Å². The zero-order chi connectivity index (χ0) is 10.7. The molecule has 0 bridgehead atoms. The van der Waals surface area contributed by atoms with Crippen molar-refractivity contribution in [2.45, 2.75) is 6.54 Å². The molecule has 2 aromatic rings. The summed E-state index contributed by atoms with van der Waals surface area (Å²) >= 11 is 10.8. The van der Waals surface area contributed by atoms with Crippen LogP contribution in [0.2, 0.25) is 5.15 Å². The van der Waals surface area contributed by atoms with Crippen molar-refractivity contribution in [3.63, 3.8) is 0 Å². The summed E-state index contributed by atoms with van der Waals surface area (Å²) in [5, 5.41) is 7.93. The predicted octanol–water partition coefficient (Wildman–Crippen LogP) is 4.17. The molecule has 0 saturated carbocycles. The van der Waals surface area contributed by atoms with Gasteiger partial charge in [0.05, 0.1) is 16.4 Å². The van der Waals surface area contributed by atoms with E-state index < -0.39 is 0 Å². The Labute approximate surface area is 105 Å². The summed E-state index contributed by atoms with van der Waals surface area (Å²) in [6, 6.07) is 4.01. The van der Waals surface area contributed by atoms with Crippen molar-refractivity contribution in [3.05, 3.63) is 44.3 Å². The first-order valence-electron chi connectivity index (χ1n) is 4.31. The molecule has 0 aliphatic heterocycles. The van der Waals surface area contributed by atoms with Gasteiger partial charge in [-0.2, -0.15) is 11.3 Å². The van der Waals surface area contributed by atoms with Crippen LogP contribution in [0.15, 0.2) is 33.6 Å². The van der Waals surface area contributed by atoms with E-state index in [0.29, 0.717) is 5.15 Å². The van der Waals surface area contributed by atoms with Gasteiger partial charge in [0.15, 0.2) is 0 Å². The molecule has 78 valence electrons. The fourth-order valence-electron chi connectivity index (χ4n) is 1.12. The average Bonchev–Trinajstić information content (AvgIpc) is 2.73. The molecule has 0 aliphatic rings. The fraction of sp³-hybridized carbons (Fsp3) is 0.100. The predicted molar refractivity (Wildman–Crippen MR) is 68.6 cm³/mol. The number of nitrogens with zero attached hydrogens (tertiary/aromatic N) is 1. The van der Waals surface area contributed by atoms with E-state index in [1.807, 2.05) is 6.07 Å². The van der Waals surface area contributed by atoms with Gasteiger partial charge in [0, 0.05) is 6.54 Å². The van der Waals surface area contributed by atoms with Gasteiger partial charge in [-0.15, -0.1) is 0 Å². The first-order chi connectivity index (χ1) is 7.25. The van der Waals surface area contributed by atoms with Crippen molar-refractivity contribution in [3.8, 4) is 0 Å². The number of pyridine rings is 1. The number of hydrogen-bond acceptors (Lipinski definition) is 3. The Kier molecular flexibility index (Phi) is 3.61. The summed E-state index contributed by atoms with van der Waals surface area (Å²) in [6.45, 7) is 0.805. The van der Waals surface area contributed by atoms with E-state index in [2.05, 4.69) is 43.1 Å². The lowest BCUT2D eigenvalue weighted by atomic mass is 10.3. The van der Waals surface area contributed by atoms with Gasteiger partial charge in [0.1, 0.15) is 5.15 Å². The number of aromatic nitrogens is 1. The van der Waals surface area contributed by atoms with Crippen LogP contribution in [0, 0.1) is 0 Å².